The van der Waals surface area contributed by atoms with Crippen LogP contribution in [0.4, 0.5) is 5.69 Å². The fourth-order valence-corrected chi connectivity index (χ4v) is 2.66. The van der Waals surface area contributed by atoms with Gasteiger partial charge in [-0.15, -0.1) is 0 Å². The number of nitrogens with zero attached hydrogens (tertiary/aromatic N) is 2. The summed E-state index contributed by atoms with van der Waals surface area (Å²) in [6, 6.07) is 15.3. The van der Waals surface area contributed by atoms with Crippen molar-refractivity contribution >= 4 is 17.5 Å². The van der Waals surface area contributed by atoms with Gasteiger partial charge < -0.3 is 15.8 Å². The van der Waals surface area contributed by atoms with E-state index < -0.39 is 5.91 Å². The molecule has 0 aliphatic carbocycles. The lowest BCUT2D eigenvalue weighted by Crippen LogP contribution is -2.17. The van der Waals surface area contributed by atoms with E-state index in [-0.39, 0.29) is 5.91 Å². The van der Waals surface area contributed by atoms with Crippen LogP contribution in [-0.2, 0) is 6.54 Å². The van der Waals surface area contributed by atoms with Gasteiger partial charge in [-0.25, -0.2) is 0 Å². The number of ether oxygens (including phenoxy) is 1. The van der Waals surface area contributed by atoms with Crippen molar-refractivity contribution in [2.45, 2.75) is 20.4 Å². The maximum Gasteiger partial charge on any atom is 0.273 e. The standard InChI is InChI=1S/C20H20N4O3/c1-3-24-17(12-13(2)23-24)20(26)22-14-8-10-15(11-9-14)27-18-7-5-4-6-16(18)19(21)25/h4-12H,3H2,1-2H3,(H2,21,25)(H,22,26). The first-order chi connectivity index (χ1) is 13.0. The normalized spacial score (nSPS) is 10.4. The molecule has 1 heterocycles. The summed E-state index contributed by atoms with van der Waals surface area (Å²) in [7, 11) is 0. The first-order valence-corrected chi connectivity index (χ1v) is 8.50. The number of carbonyl (C=O) groups is 2. The zero-order valence-corrected chi connectivity index (χ0v) is 15.1. The predicted octanol–water partition coefficient (Wildman–Crippen LogP) is 3.35. The summed E-state index contributed by atoms with van der Waals surface area (Å²) >= 11 is 0. The summed E-state index contributed by atoms with van der Waals surface area (Å²) in [6.45, 7) is 4.39. The van der Waals surface area contributed by atoms with E-state index in [1.165, 1.54) is 0 Å². The van der Waals surface area contributed by atoms with Gasteiger partial charge in [0.2, 0.25) is 0 Å². The van der Waals surface area contributed by atoms with Crippen LogP contribution in [0.2, 0.25) is 0 Å². The molecular formula is C20H20N4O3. The lowest BCUT2D eigenvalue weighted by Gasteiger charge is -2.10. The fourth-order valence-electron chi connectivity index (χ4n) is 2.66. The number of anilines is 1. The number of rotatable bonds is 6. The van der Waals surface area contributed by atoms with Crippen LogP contribution in [-0.4, -0.2) is 21.6 Å². The van der Waals surface area contributed by atoms with Gasteiger partial charge in [-0.1, -0.05) is 12.1 Å². The van der Waals surface area contributed by atoms with Crippen molar-refractivity contribution in [3.8, 4) is 11.5 Å². The van der Waals surface area contributed by atoms with E-state index in [1.54, 1.807) is 59.3 Å². The Morgan fingerprint density at radius 2 is 1.85 bits per heavy atom. The van der Waals surface area contributed by atoms with Gasteiger partial charge in [0, 0.05) is 12.2 Å². The van der Waals surface area contributed by atoms with E-state index in [0.29, 0.717) is 35.0 Å². The number of carbonyl (C=O) groups excluding carboxylic acids is 2. The second-order valence-electron chi connectivity index (χ2n) is 5.93. The molecule has 2 aromatic carbocycles. The van der Waals surface area contributed by atoms with E-state index in [9.17, 15) is 9.59 Å². The van der Waals surface area contributed by atoms with Crippen LogP contribution in [0.1, 0.15) is 33.5 Å². The SMILES string of the molecule is CCn1nc(C)cc1C(=O)Nc1ccc(Oc2ccccc2C(N)=O)cc1. The third-order valence-corrected chi connectivity index (χ3v) is 3.93. The molecule has 3 aromatic rings. The van der Waals surface area contributed by atoms with Gasteiger partial charge in [-0.3, -0.25) is 14.3 Å². The van der Waals surface area contributed by atoms with Crippen LogP contribution in [0.3, 0.4) is 0 Å². The molecule has 3 rings (SSSR count). The van der Waals surface area contributed by atoms with Crippen molar-refractivity contribution in [2.75, 3.05) is 5.32 Å². The summed E-state index contributed by atoms with van der Waals surface area (Å²) < 4.78 is 7.38. The topological polar surface area (TPSA) is 99.2 Å². The van der Waals surface area contributed by atoms with Crippen molar-refractivity contribution in [3.05, 3.63) is 71.5 Å². The highest BCUT2D eigenvalue weighted by Crippen LogP contribution is 2.26. The van der Waals surface area contributed by atoms with Crippen LogP contribution >= 0.6 is 0 Å². The van der Waals surface area contributed by atoms with Gasteiger partial charge in [0.05, 0.1) is 11.3 Å². The Morgan fingerprint density at radius 1 is 1.15 bits per heavy atom. The molecule has 0 aliphatic heterocycles. The molecule has 7 heteroatoms. The molecule has 138 valence electrons. The zero-order chi connectivity index (χ0) is 19.4. The number of aryl methyl sites for hydroxylation is 2. The van der Waals surface area contributed by atoms with Crippen molar-refractivity contribution in [1.29, 1.82) is 0 Å². The van der Waals surface area contributed by atoms with Gasteiger partial charge in [-0.2, -0.15) is 5.10 Å². The summed E-state index contributed by atoms with van der Waals surface area (Å²) in [5, 5.41) is 7.11. The Kier molecular flexibility index (Phi) is 5.21. The van der Waals surface area contributed by atoms with Gasteiger partial charge >= 0.3 is 0 Å². The first kappa shape index (κ1) is 18.2. The number of primary amides is 1. The van der Waals surface area contributed by atoms with Crippen LogP contribution in [0.15, 0.2) is 54.6 Å². The molecular weight excluding hydrogens is 344 g/mol. The van der Waals surface area contributed by atoms with E-state index in [0.717, 1.165) is 5.69 Å². The van der Waals surface area contributed by atoms with Crippen LogP contribution < -0.4 is 15.8 Å². The number of amides is 2. The largest absolute Gasteiger partial charge is 0.457 e. The molecule has 0 atom stereocenters. The molecule has 7 nitrogen and oxygen atoms in total. The molecule has 1 aromatic heterocycles. The number of aromatic nitrogens is 2. The highest BCUT2D eigenvalue weighted by molar-refractivity contribution is 6.03. The number of nitrogens with one attached hydrogen (secondary N) is 1. The van der Waals surface area contributed by atoms with Crippen molar-refractivity contribution in [3.63, 3.8) is 0 Å². The summed E-state index contributed by atoms with van der Waals surface area (Å²) in [6.07, 6.45) is 0. The minimum absolute atomic E-state index is 0.231. The third-order valence-electron chi connectivity index (χ3n) is 3.93. The highest BCUT2D eigenvalue weighted by atomic mass is 16.5. The number of nitrogens with two attached hydrogens (primary N) is 1. The maximum absolute atomic E-state index is 12.4. The molecule has 0 bridgehead atoms. The predicted molar refractivity (Wildman–Crippen MR) is 102 cm³/mol. The molecule has 0 aliphatic rings. The lowest BCUT2D eigenvalue weighted by atomic mass is 10.2. The maximum atomic E-state index is 12.4. The molecule has 2 amide bonds. The summed E-state index contributed by atoms with van der Waals surface area (Å²) in [5.41, 5.74) is 7.58. The smallest absolute Gasteiger partial charge is 0.273 e. The zero-order valence-electron chi connectivity index (χ0n) is 15.1. The van der Waals surface area contributed by atoms with E-state index in [1.807, 2.05) is 13.8 Å². The summed E-state index contributed by atoms with van der Waals surface area (Å²) in [4.78, 5) is 23.9. The van der Waals surface area contributed by atoms with E-state index in [2.05, 4.69) is 10.4 Å². The van der Waals surface area contributed by atoms with Crippen LogP contribution in [0.25, 0.3) is 0 Å². The molecule has 0 unspecified atom stereocenters. The Labute approximate surface area is 156 Å². The third kappa shape index (κ3) is 4.14. The molecule has 0 radical (unpaired) electrons. The quantitative estimate of drug-likeness (QED) is 0.700. The number of benzene rings is 2. The number of hydrogen-bond donors (Lipinski definition) is 2. The van der Waals surface area contributed by atoms with Crippen molar-refractivity contribution in [1.82, 2.24) is 9.78 Å². The minimum atomic E-state index is -0.558. The Morgan fingerprint density at radius 3 is 2.52 bits per heavy atom. The Balaban J connectivity index is 1.72. The monoisotopic (exact) mass is 364 g/mol. The van der Waals surface area contributed by atoms with Gasteiger partial charge in [0.15, 0.2) is 0 Å². The Bertz CT molecular complexity index is 977. The van der Waals surface area contributed by atoms with E-state index in [4.69, 9.17) is 10.5 Å². The second kappa shape index (κ2) is 7.74. The van der Waals surface area contributed by atoms with Crippen LogP contribution in [0, 0.1) is 6.92 Å². The Hall–Kier alpha value is -3.61. The average molecular weight is 364 g/mol. The first-order valence-electron chi connectivity index (χ1n) is 8.50. The van der Waals surface area contributed by atoms with Gasteiger partial charge in [-0.05, 0) is 56.3 Å². The molecule has 0 fully saturated rings. The van der Waals surface area contributed by atoms with Gasteiger partial charge in [0.25, 0.3) is 11.8 Å². The fraction of sp³-hybridized carbons (Fsp3) is 0.150. The van der Waals surface area contributed by atoms with Crippen molar-refractivity contribution in [2.24, 2.45) is 5.73 Å². The molecule has 0 saturated heterocycles. The molecule has 0 spiro atoms. The molecule has 0 saturated carbocycles. The van der Waals surface area contributed by atoms with E-state index >= 15 is 0 Å². The average Bonchev–Trinajstić information content (AvgIpc) is 3.04. The number of para-hydroxylation sites is 1. The highest BCUT2D eigenvalue weighted by Gasteiger charge is 2.14. The molecule has 27 heavy (non-hydrogen) atoms. The van der Waals surface area contributed by atoms with Gasteiger partial charge in [0.1, 0.15) is 17.2 Å². The molecule has 3 N–H and O–H groups in total. The van der Waals surface area contributed by atoms with Crippen molar-refractivity contribution < 1.29 is 14.3 Å². The lowest BCUT2D eigenvalue weighted by molar-refractivity contribution is 0.0994. The second-order valence-corrected chi connectivity index (χ2v) is 5.93. The van der Waals surface area contributed by atoms with Crippen LogP contribution in [0.5, 0.6) is 11.5 Å². The summed E-state index contributed by atoms with van der Waals surface area (Å²) in [5.74, 6) is 0.114. The minimum Gasteiger partial charge on any atom is -0.457 e. The number of hydrogen-bond acceptors (Lipinski definition) is 4.